The number of ketones is 1. The number of carbonyl (C=O) groups excluding carboxylic acids is 1. The van der Waals surface area contributed by atoms with E-state index in [4.69, 9.17) is 0 Å². The summed E-state index contributed by atoms with van der Waals surface area (Å²) in [5, 5.41) is 3.33. The van der Waals surface area contributed by atoms with Gasteiger partial charge in [-0.25, -0.2) is 24.3 Å². The van der Waals surface area contributed by atoms with Crippen molar-refractivity contribution in [3.8, 4) is 11.4 Å². The molecule has 5 rings (SSSR count). The maximum atomic E-state index is 14.0. The highest BCUT2D eigenvalue weighted by atomic mass is 19.1. The maximum absolute atomic E-state index is 14.0. The van der Waals surface area contributed by atoms with E-state index >= 15 is 0 Å². The predicted octanol–water partition coefficient (Wildman–Crippen LogP) is 2.86. The van der Waals surface area contributed by atoms with Crippen LogP contribution in [0.15, 0.2) is 54.5 Å². The van der Waals surface area contributed by atoms with Gasteiger partial charge in [0, 0.05) is 60.1 Å². The van der Waals surface area contributed by atoms with Crippen molar-refractivity contribution in [2.24, 2.45) is 5.92 Å². The van der Waals surface area contributed by atoms with Crippen LogP contribution >= 0.6 is 0 Å². The lowest BCUT2D eigenvalue weighted by molar-refractivity contribution is 0.0966. The molecule has 0 aliphatic carbocycles. The van der Waals surface area contributed by atoms with Gasteiger partial charge in [0.15, 0.2) is 11.6 Å². The zero-order valence-corrected chi connectivity index (χ0v) is 17.2. The Hall–Kier alpha value is -3.52. The van der Waals surface area contributed by atoms with E-state index in [0.717, 1.165) is 17.0 Å². The SMILES string of the molecule is Cc1cc(C)nc(N2C=C3C(CNC3C(=O)c3ccc(F)cc3-c3ncccn3)C2)n1. The number of Topliss-reactive ketones (excluding diaryl/α,β-unsaturated/α-hetero) is 1. The monoisotopic (exact) mass is 416 g/mol. The molecule has 0 spiro atoms. The first kappa shape index (κ1) is 19.4. The first-order valence-electron chi connectivity index (χ1n) is 10.1. The van der Waals surface area contributed by atoms with Gasteiger partial charge in [0.2, 0.25) is 5.95 Å². The van der Waals surface area contributed by atoms with Crippen LogP contribution in [0.25, 0.3) is 11.4 Å². The molecule has 156 valence electrons. The fourth-order valence-electron chi connectivity index (χ4n) is 4.28. The summed E-state index contributed by atoms with van der Waals surface area (Å²) in [4.78, 5) is 33.0. The molecule has 2 aliphatic rings. The van der Waals surface area contributed by atoms with Gasteiger partial charge in [0.25, 0.3) is 0 Å². The van der Waals surface area contributed by atoms with Gasteiger partial charge < -0.3 is 10.2 Å². The van der Waals surface area contributed by atoms with Gasteiger partial charge >= 0.3 is 0 Å². The van der Waals surface area contributed by atoms with Crippen LogP contribution in [0.1, 0.15) is 21.7 Å². The number of aromatic nitrogens is 4. The van der Waals surface area contributed by atoms with Crippen LogP contribution < -0.4 is 10.2 Å². The van der Waals surface area contributed by atoms with E-state index in [9.17, 15) is 9.18 Å². The molecule has 31 heavy (non-hydrogen) atoms. The zero-order valence-electron chi connectivity index (χ0n) is 17.2. The molecule has 2 unspecified atom stereocenters. The van der Waals surface area contributed by atoms with Crippen molar-refractivity contribution >= 4 is 11.7 Å². The van der Waals surface area contributed by atoms with Gasteiger partial charge in [0.05, 0.1) is 6.04 Å². The minimum Gasteiger partial charge on any atom is -0.316 e. The number of halogens is 1. The van der Waals surface area contributed by atoms with Gasteiger partial charge in [-0.05, 0) is 49.8 Å². The molecule has 1 aromatic carbocycles. The van der Waals surface area contributed by atoms with Gasteiger partial charge in [-0.2, -0.15) is 0 Å². The Bertz CT molecular complexity index is 1180. The summed E-state index contributed by atoms with van der Waals surface area (Å²) in [6.07, 6.45) is 5.13. The van der Waals surface area contributed by atoms with E-state index < -0.39 is 11.9 Å². The van der Waals surface area contributed by atoms with E-state index in [1.807, 2.05) is 31.0 Å². The summed E-state index contributed by atoms with van der Waals surface area (Å²) in [5.41, 5.74) is 3.60. The fourth-order valence-corrected chi connectivity index (χ4v) is 4.28. The third-order valence-electron chi connectivity index (χ3n) is 5.64. The second-order valence-corrected chi connectivity index (χ2v) is 7.90. The number of nitrogens with zero attached hydrogens (tertiary/aromatic N) is 5. The van der Waals surface area contributed by atoms with Crippen molar-refractivity contribution in [2.75, 3.05) is 18.0 Å². The Morgan fingerprint density at radius 2 is 1.87 bits per heavy atom. The molecule has 2 aromatic heterocycles. The molecule has 3 aromatic rings. The van der Waals surface area contributed by atoms with E-state index in [1.54, 1.807) is 18.5 Å². The van der Waals surface area contributed by atoms with Crippen LogP contribution in [0.3, 0.4) is 0 Å². The molecule has 7 nitrogen and oxygen atoms in total. The van der Waals surface area contributed by atoms with Gasteiger partial charge in [0.1, 0.15) is 5.82 Å². The van der Waals surface area contributed by atoms with Gasteiger partial charge in [-0.1, -0.05) is 0 Å². The number of carbonyl (C=O) groups is 1. The van der Waals surface area contributed by atoms with Crippen LogP contribution in [0.2, 0.25) is 0 Å². The van der Waals surface area contributed by atoms with E-state index in [0.29, 0.717) is 36.0 Å². The van der Waals surface area contributed by atoms with Crippen molar-refractivity contribution in [3.63, 3.8) is 0 Å². The number of hydrogen-bond donors (Lipinski definition) is 1. The van der Waals surface area contributed by atoms with Crippen LogP contribution in [0.4, 0.5) is 10.3 Å². The summed E-state index contributed by atoms with van der Waals surface area (Å²) in [5.74, 6) is 0.598. The summed E-state index contributed by atoms with van der Waals surface area (Å²) in [6.45, 7) is 5.28. The Morgan fingerprint density at radius 3 is 2.61 bits per heavy atom. The number of benzene rings is 1. The standard InChI is InChI=1S/C23H21FN6O/c1-13-8-14(2)29-23(28-13)30-11-15-10-27-20(19(15)12-30)21(31)17-5-4-16(24)9-18(17)22-25-6-3-7-26-22/h3-9,12,15,20,27H,10-11H2,1-2H3. The molecule has 0 radical (unpaired) electrons. The number of aryl methyl sites for hydroxylation is 2. The van der Waals surface area contributed by atoms with Gasteiger partial charge in [-0.3, -0.25) is 4.79 Å². The van der Waals surface area contributed by atoms with Crippen molar-refractivity contribution in [2.45, 2.75) is 19.9 Å². The summed E-state index contributed by atoms with van der Waals surface area (Å²) in [6, 6.07) is 7.25. The lowest BCUT2D eigenvalue weighted by Crippen LogP contribution is -2.33. The van der Waals surface area contributed by atoms with E-state index in [2.05, 4.69) is 25.3 Å². The number of rotatable bonds is 4. The lowest BCUT2D eigenvalue weighted by Gasteiger charge is -2.17. The van der Waals surface area contributed by atoms with Crippen LogP contribution in [0, 0.1) is 25.6 Å². The number of anilines is 1. The maximum Gasteiger partial charge on any atom is 0.229 e. The molecular weight excluding hydrogens is 395 g/mol. The Balaban J connectivity index is 1.49. The average molecular weight is 416 g/mol. The highest BCUT2D eigenvalue weighted by Crippen LogP contribution is 2.34. The molecule has 1 saturated heterocycles. The quantitative estimate of drug-likeness (QED) is 0.655. The first-order chi connectivity index (χ1) is 15.0. The number of hydrogen-bond acceptors (Lipinski definition) is 7. The Labute approximate surface area is 179 Å². The second kappa shape index (κ2) is 7.63. The minimum absolute atomic E-state index is 0.126. The first-order valence-corrected chi connectivity index (χ1v) is 10.1. The molecule has 0 saturated carbocycles. The third kappa shape index (κ3) is 3.59. The lowest BCUT2D eigenvalue weighted by atomic mass is 9.92. The molecule has 0 amide bonds. The predicted molar refractivity (Wildman–Crippen MR) is 114 cm³/mol. The third-order valence-corrected chi connectivity index (χ3v) is 5.64. The summed E-state index contributed by atoms with van der Waals surface area (Å²) in [7, 11) is 0. The molecule has 1 fully saturated rings. The number of nitrogens with one attached hydrogen (secondary N) is 1. The van der Waals surface area contributed by atoms with Crippen LogP contribution in [0.5, 0.6) is 0 Å². The summed E-state index contributed by atoms with van der Waals surface area (Å²) >= 11 is 0. The highest BCUT2D eigenvalue weighted by Gasteiger charge is 2.40. The molecule has 0 bridgehead atoms. The zero-order chi connectivity index (χ0) is 21.5. The Morgan fingerprint density at radius 1 is 1.13 bits per heavy atom. The van der Waals surface area contributed by atoms with Crippen molar-refractivity contribution in [1.82, 2.24) is 25.3 Å². The smallest absolute Gasteiger partial charge is 0.229 e. The molecule has 2 atom stereocenters. The molecular formula is C23H21FN6O. The summed E-state index contributed by atoms with van der Waals surface area (Å²) < 4.78 is 14.0. The normalized spacial score (nSPS) is 20.0. The topological polar surface area (TPSA) is 83.9 Å². The Kier molecular flexibility index (Phi) is 4.78. The second-order valence-electron chi connectivity index (χ2n) is 7.90. The van der Waals surface area contributed by atoms with Gasteiger partial charge in [-0.15, -0.1) is 0 Å². The molecule has 8 heteroatoms. The van der Waals surface area contributed by atoms with Crippen molar-refractivity contribution < 1.29 is 9.18 Å². The molecule has 2 aliphatic heterocycles. The molecule has 4 heterocycles. The number of fused-ring (bicyclic) bond motifs is 1. The average Bonchev–Trinajstić information content (AvgIpc) is 3.34. The van der Waals surface area contributed by atoms with Crippen LogP contribution in [-0.4, -0.2) is 44.9 Å². The van der Waals surface area contributed by atoms with Crippen molar-refractivity contribution in [3.05, 3.63) is 77.3 Å². The van der Waals surface area contributed by atoms with E-state index in [1.165, 1.54) is 18.2 Å². The van der Waals surface area contributed by atoms with Crippen LogP contribution in [-0.2, 0) is 0 Å². The fraction of sp³-hybridized carbons (Fsp3) is 0.261. The largest absolute Gasteiger partial charge is 0.316 e. The minimum atomic E-state index is -0.492. The molecule has 1 N–H and O–H groups in total. The van der Waals surface area contributed by atoms with Crippen molar-refractivity contribution in [1.29, 1.82) is 0 Å². The van der Waals surface area contributed by atoms with E-state index in [-0.39, 0.29) is 11.7 Å². The highest BCUT2D eigenvalue weighted by molar-refractivity contribution is 6.07.